The Hall–Kier alpha value is -2.94. The van der Waals surface area contributed by atoms with E-state index in [4.69, 9.17) is 4.42 Å². The Bertz CT molecular complexity index is 1060. The fourth-order valence-corrected chi connectivity index (χ4v) is 2.61. The minimum atomic E-state index is -0.0464. The molecule has 0 aliphatic carbocycles. The van der Waals surface area contributed by atoms with Crippen LogP contribution in [0.3, 0.4) is 0 Å². The molecular weight excluding hydrogens is 274 g/mol. The number of aryl methyl sites for hydroxylation is 1. The van der Waals surface area contributed by atoms with E-state index in [2.05, 4.69) is 4.98 Å². The summed E-state index contributed by atoms with van der Waals surface area (Å²) in [4.78, 5) is 16.7. The van der Waals surface area contributed by atoms with E-state index in [0.29, 0.717) is 22.4 Å². The number of nitrogens with zero attached hydrogens (tertiary/aromatic N) is 1. The Morgan fingerprint density at radius 3 is 2.64 bits per heavy atom. The molecule has 4 aromatic rings. The highest BCUT2D eigenvalue weighted by Gasteiger charge is 2.09. The van der Waals surface area contributed by atoms with Gasteiger partial charge in [0.05, 0.1) is 5.39 Å². The summed E-state index contributed by atoms with van der Waals surface area (Å²) in [7, 11) is 0. The zero-order valence-corrected chi connectivity index (χ0v) is 12.0. The van der Waals surface area contributed by atoms with Gasteiger partial charge in [0, 0.05) is 17.6 Å². The topological polar surface area (TPSA) is 43.1 Å². The maximum atomic E-state index is 12.3. The van der Waals surface area contributed by atoms with E-state index >= 15 is 0 Å². The summed E-state index contributed by atoms with van der Waals surface area (Å²) in [6.07, 6.45) is 1.80. The van der Waals surface area contributed by atoms with Gasteiger partial charge in [0.1, 0.15) is 11.3 Å². The van der Waals surface area contributed by atoms with Gasteiger partial charge in [0.25, 0.3) is 0 Å². The van der Waals surface area contributed by atoms with Gasteiger partial charge >= 0.3 is 0 Å². The molecule has 22 heavy (non-hydrogen) atoms. The Labute approximate surface area is 126 Å². The molecule has 0 fully saturated rings. The Balaban J connectivity index is 1.96. The van der Waals surface area contributed by atoms with Crippen molar-refractivity contribution in [2.75, 3.05) is 0 Å². The van der Waals surface area contributed by atoms with Gasteiger partial charge in [0.15, 0.2) is 11.2 Å². The standard InChI is InChI=1S/C19H13NO2/c1-12-6-7-18-15(8-12)17(21)10-19(22-18)16-9-13-4-2-3-5-14(13)11-20-16/h2-11H,1H3. The van der Waals surface area contributed by atoms with Crippen molar-refractivity contribution < 1.29 is 4.42 Å². The second kappa shape index (κ2) is 4.81. The maximum Gasteiger partial charge on any atom is 0.193 e. The first-order valence-corrected chi connectivity index (χ1v) is 7.10. The van der Waals surface area contributed by atoms with E-state index in [1.165, 1.54) is 6.07 Å². The van der Waals surface area contributed by atoms with Crippen molar-refractivity contribution >= 4 is 21.7 Å². The number of benzene rings is 2. The second-order valence-corrected chi connectivity index (χ2v) is 5.39. The first-order valence-electron chi connectivity index (χ1n) is 7.10. The lowest BCUT2D eigenvalue weighted by Crippen LogP contribution is -2.01. The van der Waals surface area contributed by atoms with E-state index < -0.39 is 0 Å². The fourth-order valence-electron chi connectivity index (χ4n) is 2.61. The number of hydrogen-bond acceptors (Lipinski definition) is 3. The average molecular weight is 287 g/mol. The van der Waals surface area contributed by atoms with Crippen molar-refractivity contribution in [1.82, 2.24) is 4.98 Å². The molecular formula is C19H13NO2. The first-order chi connectivity index (χ1) is 10.7. The predicted molar refractivity (Wildman–Crippen MR) is 88.0 cm³/mol. The van der Waals surface area contributed by atoms with E-state index in [1.54, 1.807) is 6.20 Å². The van der Waals surface area contributed by atoms with E-state index in [0.717, 1.165) is 16.3 Å². The lowest BCUT2D eigenvalue weighted by Gasteiger charge is -2.04. The van der Waals surface area contributed by atoms with Gasteiger partial charge in [0.2, 0.25) is 0 Å². The number of fused-ring (bicyclic) bond motifs is 2. The van der Waals surface area contributed by atoms with Crippen molar-refractivity contribution in [1.29, 1.82) is 0 Å². The normalized spacial score (nSPS) is 11.1. The zero-order valence-electron chi connectivity index (χ0n) is 12.0. The van der Waals surface area contributed by atoms with Gasteiger partial charge in [-0.25, -0.2) is 0 Å². The van der Waals surface area contributed by atoms with Crippen LogP contribution in [-0.4, -0.2) is 4.98 Å². The van der Waals surface area contributed by atoms with Crippen LogP contribution in [0.5, 0.6) is 0 Å². The van der Waals surface area contributed by atoms with Crippen LogP contribution in [0.2, 0.25) is 0 Å². The Morgan fingerprint density at radius 1 is 0.955 bits per heavy atom. The summed E-state index contributed by atoms with van der Waals surface area (Å²) in [5.74, 6) is 0.493. The predicted octanol–water partition coefficient (Wildman–Crippen LogP) is 4.32. The third-order valence-corrected chi connectivity index (χ3v) is 3.77. The third kappa shape index (κ3) is 2.07. The summed E-state index contributed by atoms with van der Waals surface area (Å²) < 4.78 is 5.87. The molecule has 3 nitrogen and oxygen atoms in total. The molecule has 0 spiro atoms. The highest BCUT2D eigenvalue weighted by atomic mass is 16.3. The zero-order chi connectivity index (χ0) is 15.1. The second-order valence-electron chi connectivity index (χ2n) is 5.39. The van der Waals surface area contributed by atoms with Crippen LogP contribution >= 0.6 is 0 Å². The Kier molecular flexibility index (Phi) is 2.79. The molecule has 0 saturated heterocycles. The summed E-state index contributed by atoms with van der Waals surface area (Å²) in [5.41, 5.74) is 2.24. The van der Waals surface area contributed by atoms with Crippen molar-refractivity contribution in [3.8, 4) is 11.5 Å². The maximum absolute atomic E-state index is 12.3. The Morgan fingerprint density at radius 2 is 1.77 bits per heavy atom. The minimum Gasteiger partial charge on any atom is -0.454 e. The molecule has 0 saturated carbocycles. The minimum absolute atomic E-state index is 0.0464. The molecule has 2 aromatic carbocycles. The van der Waals surface area contributed by atoms with Crippen molar-refractivity contribution in [2.45, 2.75) is 6.92 Å². The first kappa shape index (κ1) is 12.8. The molecule has 0 aliphatic heterocycles. The number of rotatable bonds is 1. The van der Waals surface area contributed by atoms with E-state index in [1.807, 2.05) is 55.5 Å². The smallest absolute Gasteiger partial charge is 0.193 e. The average Bonchev–Trinajstić information content (AvgIpc) is 2.55. The quantitative estimate of drug-likeness (QED) is 0.523. The number of pyridine rings is 1. The molecule has 0 amide bonds. The van der Waals surface area contributed by atoms with E-state index in [9.17, 15) is 4.79 Å². The number of aromatic nitrogens is 1. The van der Waals surface area contributed by atoms with Gasteiger partial charge in [-0.2, -0.15) is 0 Å². The van der Waals surface area contributed by atoms with Crippen LogP contribution in [0.1, 0.15) is 5.56 Å². The summed E-state index contributed by atoms with van der Waals surface area (Å²) in [5, 5.41) is 2.73. The fraction of sp³-hybridized carbons (Fsp3) is 0.0526. The van der Waals surface area contributed by atoms with Crippen molar-refractivity contribution in [3.05, 3.63) is 76.6 Å². The molecule has 0 unspecified atom stereocenters. The molecule has 106 valence electrons. The molecule has 2 heterocycles. The largest absolute Gasteiger partial charge is 0.454 e. The summed E-state index contributed by atoms with van der Waals surface area (Å²) >= 11 is 0. The summed E-state index contributed by atoms with van der Waals surface area (Å²) in [6.45, 7) is 1.96. The third-order valence-electron chi connectivity index (χ3n) is 3.77. The molecule has 0 N–H and O–H groups in total. The van der Waals surface area contributed by atoms with Crippen LogP contribution in [-0.2, 0) is 0 Å². The molecule has 0 radical (unpaired) electrons. The van der Waals surface area contributed by atoms with Crippen LogP contribution in [0.4, 0.5) is 0 Å². The molecule has 2 aromatic heterocycles. The number of hydrogen-bond donors (Lipinski definition) is 0. The van der Waals surface area contributed by atoms with Crippen molar-refractivity contribution in [2.24, 2.45) is 0 Å². The highest BCUT2D eigenvalue weighted by molar-refractivity contribution is 5.85. The van der Waals surface area contributed by atoms with Gasteiger partial charge < -0.3 is 4.42 Å². The van der Waals surface area contributed by atoms with Crippen LogP contribution in [0.25, 0.3) is 33.2 Å². The van der Waals surface area contributed by atoms with Crippen molar-refractivity contribution in [3.63, 3.8) is 0 Å². The van der Waals surface area contributed by atoms with Gasteiger partial charge in [-0.15, -0.1) is 0 Å². The molecule has 0 atom stereocenters. The SMILES string of the molecule is Cc1ccc2oc(-c3cc4ccccc4cn3)cc(=O)c2c1. The van der Waals surface area contributed by atoms with E-state index in [-0.39, 0.29) is 5.43 Å². The monoisotopic (exact) mass is 287 g/mol. The van der Waals surface area contributed by atoms with Crippen LogP contribution in [0.15, 0.2) is 70.0 Å². The van der Waals surface area contributed by atoms with Crippen LogP contribution < -0.4 is 5.43 Å². The summed E-state index contributed by atoms with van der Waals surface area (Å²) in [6, 6.07) is 17.0. The van der Waals surface area contributed by atoms with Gasteiger partial charge in [-0.1, -0.05) is 35.9 Å². The molecule has 3 heteroatoms. The van der Waals surface area contributed by atoms with Crippen LogP contribution in [0, 0.1) is 6.92 Å². The molecule has 0 aliphatic rings. The lowest BCUT2D eigenvalue weighted by atomic mass is 10.1. The van der Waals surface area contributed by atoms with Gasteiger partial charge in [-0.05, 0) is 30.5 Å². The lowest BCUT2D eigenvalue weighted by molar-refractivity contribution is 0.616. The van der Waals surface area contributed by atoms with Gasteiger partial charge in [-0.3, -0.25) is 9.78 Å². The highest BCUT2D eigenvalue weighted by Crippen LogP contribution is 2.24. The molecule has 4 rings (SSSR count). The molecule has 0 bridgehead atoms.